The summed E-state index contributed by atoms with van der Waals surface area (Å²) in [5, 5.41) is 3.12. The van der Waals surface area contributed by atoms with Gasteiger partial charge in [0.15, 0.2) is 5.11 Å². The number of carbonyl (C=O) groups excluding carboxylic acids is 3. The Balaban J connectivity index is 1.59. The van der Waals surface area contributed by atoms with Gasteiger partial charge in [-0.05, 0) is 73.2 Å². The fourth-order valence-electron chi connectivity index (χ4n) is 4.05. The van der Waals surface area contributed by atoms with E-state index >= 15 is 0 Å². The molecule has 1 heterocycles. The van der Waals surface area contributed by atoms with Gasteiger partial charge in [-0.25, -0.2) is 4.79 Å². The number of rotatable bonds is 9. The molecule has 0 spiro atoms. The van der Waals surface area contributed by atoms with E-state index in [2.05, 4.69) is 5.32 Å². The van der Waals surface area contributed by atoms with Crippen molar-refractivity contribution in [3.63, 3.8) is 0 Å². The summed E-state index contributed by atoms with van der Waals surface area (Å²) in [5.74, 6) is -0.343. The first kappa shape index (κ1) is 25.8. The molecule has 1 unspecified atom stereocenters. The van der Waals surface area contributed by atoms with Crippen LogP contribution in [0.1, 0.15) is 29.3 Å². The molecule has 0 aliphatic carbocycles. The number of nitrogens with zero attached hydrogens (tertiary/aromatic N) is 2. The molecule has 1 saturated heterocycles. The average molecular weight is 518 g/mol. The molecule has 0 radical (unpaired) electrons. The van der Waals surface area contributed by atoms with Gasteiger partial charge in [0.05, 0.1) is 31.4 Å². The van der Waals surface area contributed by atoms with Crippen LogP contribution in [0.5, 0.6) is 5.75 Å². The van der Waals surface area contributed by atoms with E-state index in [1.165, 1.54) is 4.90 Å². The maximum Gasteiger partial charge on any atom is 0.338 e. The van der Waals surface area contributed by atoms with Gasteiger partial charge in [-0.1, -0.05) is 30.3 Å². The predicted molar refractivity (Wildman–Crippen MR) is 144 cm³/mol. The smallest absolute Gasteiger partial charge is 0.338 e. The number of benzene rings is 3. The van der Waals surface area contributed by atoms with Gasteiger partial charge < -0.3 is 19.7 Å². The fraction of sp³-hybridized carbons (Fsp3) is 0.214. The second-order valence-corrected chi connectivity index (χ2v) is 8.70. The lowest BCUT2D eigenvalue weighted by Crippen LogP contribution is -2.37. The van der Waals surface area contributed by atoms with E-state index in [0.29, 0.717) is 29.2 Å². The Hall–Kier alpha value is -4.24. The van der Waals surface area contributed by atoms with E-state index in [0.717, 1.165) is 5.56 Å². The van der Waals surface area contributed by atoms with Crippen LogP contribution in [0.2, 0.25) is 0 Å². The molecule has 1 aliphatic heterocycles. The van der Waals surface area contributed by atoms with Crippen LogP contribution in [-0.2, 0) is 20.9 Å². The standard InChI is InChI=1S/C28H27N3O5S/c1-3-36-27(34)20-11-13-22(14-12-20)31-26(33)24(17-25(32)29-21-7-5-4-6-8-21)30(28(31)37)18-19-9-15-23(35-2)16-10-19/h4-16,24H,3,17-18H2,1-2H3,(H,29,32). The lowest BCUT2D eigenvalue weighted by Gasteiger charge is -2.24. The van der Waals surface area contributed by atoms with Crippen molar-refractivity contribution in [3.05, 3.63) is 90.0 Å². The molecule has 3 aromatic rings. The first-order valence-electron chi connectivity index (χ1n) is 11.8. The van der Waals surface area contributed by atoms with Crippen molar-refractivity contribution < 1.29 is 23.9 Å². The maximum atomic E-state index is 13.6. The molecule has 1 fully saturated rings. The molecular weight excluding hydrogens is 490 g/mol. The zero-order chi connectivity index (χ0) is 26.4. The third-order valence-electron chi connectivity index (χ3n) is 5.90. The molecule has 190 valence electrons. The number of ether oxygens (including phenoxy) is 2. The monoisotopic (exact) mass is 517 g/mol. The highest BCUT2D eigenvalue weighted by Crippen LogP contribution is 2.29. The van der Waals surface area contributed by atoms with Crippen molar-refractivity contribution in [1.29, 1.82) is 0 Å². The first-order valence-corrected chi connectivity index (χ1v) is 12.2. The van der Waals surface area contributed by atoms with E-state index in [9.17, 15) is 14.4 Å². The van der Waals surface area contributed by atoms with Gasteiger partial charge in [0.2, 0.25) is 5.91 Å². The molecular formula is C28H27N3O5S. The van der Waals surface area contributed by atoms with E-state index in [1.807, 2.05) is 42.5 Å². The Morgan fingerprint density at radius 1 is 0.973 bits per heavy atom. The van der Waals surface area contributed by atoms with Crippen LogP contribution < -0.4 is 15.0 Å². The van der Waals surface area contributed by atoms with Crippen LogP contribution in [-0.4, -0.2) is 47.6 Å². The number of hydrogen-bond donors (Lipinski definition) is 1. The minimum Gasteiger partial charge on any atom is -0.497 e. The normalized spacial score (nSPS) is 15.0. The van der Waals surface area contributed by atoms with Crippen LogP contribution in [0.4, 0.5) is 11.4 Å². The maximum absolute atomic E-state index is 13.6. The molecule has 37 heavy (non-hydrogen) atoms. The van der Waals surface area contributed by atoms with Gasteiger partial charge in [-0.2, -0.15) is 0 Å². The molecule has 8 nitrogen and oxygen atoms in total. The number of carbonyl (C=O) groups is 3. The minimum atomic E-state index is -0.803. The van der Waals surface area contributed by atoms with Crippen LogP contribution >= 0.6 is 12.2 Å². The molecule has 0 aromatic heterocycles. The second-order valence-electron chi connectivity index (χ2n) is 8.33. The summed E-state index contributed by atoms with van der Waals surface area (Å²) in [6.07, 6.45) is -0.0819. The van der Waals surface area contributed by atoms with Crippen molar-refractivity contribution in [2.24, 2.45) is 0 Å². The highest BCUT2D eigenvalue weighted by molar-refractivity contribution is 7.80. The lowest BCUT2D eigenvalue weighted by molar-refractivity contribution is -0.124. The topological polar surface area (TPSA) is 88.2 Å². The van der Waals surface area contributed by atoms with E-state index in [-0.39, 0.29) is 30.0 Å². The zero-order valence-electron chi connectivity index (χ0n) is 20.5. The van der Waals surface area contributed by atoms with Gasteiger partial charge in [0.25, 0.3) is 5.91 Å². The molecule has 0 bridgehead atoms. The number of methoxy groups -OCH3 is 1. The predicted octanol–water partition coefficient (Wildman–Crippen LogP) is 4.40. The number of thiocarbonyl (C=S) groups is 1. The quantitative estimate of drug-likeness (QED) is 0.332. The molecule has 3 aromatic carbocycles. The summed E-state index contributed by atoms with van der Waals surface area (Å²) < 4.78 is 10.3. The number of amides is 2. The van der Waals surface area contributed by atoms with E-state index in [4.69, 9.17) is 21.7 Å². The molecule has 2 amide bonds. The summed E-state index contributed by atoms with van der Waals surface area (Å²) in [6.45, 7) is 2.33. The Morgan fingerprint density at radius 2 is 1.65 bits per heavy atom. The average Bonchev–Trinajstić information content (AvgIpc) is 3.13. The SMILES string of the molecule is CCOC(=O)c1ccc(N2C(=O)C(CC(=O)Nc3ccccc3)N(Cc3ccc(OC)cc3)C2=S)cc1. The van der Waals surface area contributed by atoms with Crippen molar-refractivity contribution in [2.75, 3.05) is 23.9 Å². The Labute approximate surface area is 220 Å². The summed E-state index contributed by atoms with van der Waals surface area (Å²) in [7, 11) is 1.59. The van der Waals surface area contributed by atoms with E-state index in [1.54, 1.807) is 55.3 Å². The van der Waals surface area contributed by atoms with Gasteiger partial charge in [0.1, 0.15) is 11.8 Å². The zero-order valence-corrected chi connectivity index (χ0v) is 21.4. The number of nitrogens with one attached hydrogen (secondary N) is 1. The molecule has 4 rings (SSSR count). The van der Waals surface area contributed by atoms with Gasteiger partial charge in [-0.15, -0.1) is 0 Å². The van der Waals surface area contributed by atoms with Gasteiger partial charge in [-0.3, -0.25) is 14.5 Å². The number of anilines is 2. The minimum absolute atomic E-state index is 0.0819. The third kappa shape index (κ3) is 5.95. The molecule has 9 heteroatoms. The van der Waals surface area contributed by atoms with Crippen LogP contribution in [0.15, 0.2) is 78.9 Å². The molecule has 0 saturated carbocycles. The van der Waals surface area contributed by atoms with E-state index < -0.39 is 12.0 Å². The number of esters is 1. The Bertz CT molecular complexity index is 1280. The summed E-state index contributed by atoms with van der Waals surface area (Å²) in [5.41, 5.74) is 2.43. The summed E-state index contributed by atoms with van der Waals surface area (Å²) in [4.78, 5) is 41.7. The molecule has 1 atom stereocenters. The van der Waals surface area contributed by atoms with Gasteiger partial charge in [0, 0.05) is 12.2 Å². The third-order valence-corrected chi connectivity index (χ3v) is 6.32. The Morgan fingerprint density at radius 3 is 2.27 bits per heavy atom. The van der Waals surface area contributed by atoms with Gasteiger partial charge >= 0.3 is 5.97 Å². The molecule has 1 N–H and O–H groups in total. The van der Waals surface area contributed by atoms with Crippen molar-refractivity contribution >= 4 is 46.5 Å². The fourth-order valence-corrected chi connectivity index (χ4v) is 4.44. The molecule has 1 aliphatic rings. The second kappa shape index (κ2) is 11.7. The lowest BCUT2D eigenvalue weighted by atomic mass is 10.1. The number of para-hydroxylation sites is 1. The van der Waals surface area contributed by atoms with Crippen molar-refractivity contribution in [3.8, 4) is 5.75 Å². The van der Waals surface area contributed by atoms with Crippen LogP contribution in [0.3, 0.4) is 0 Å². The highest BCUT2D eigenvalue weighted by atomic mass is 32.1. The Kier molecular flexibility index (Phi) is 8.15. The number of hydrogen-bond acceptors (Lipinski definition) is 6. The summed E-state index contributed by atoms with van der Waals surface area (Å²) >= 11 is 5.74. The largest absolute Gasteiger partial charge is 0.497 e. The van der Waals surface area contributed by atoms with Crippen molar-refractivity contribution in [2.45, 2.75) is 25.9 Å². The van der Waals surface area contributed by atoms with Crippen molar-refractivity contribution in [1.82, 2.24) is 4.90 Å². The van der Waals surface area contributed by atoms with Crippen LogP contribution in [0.25, 0.3) is 0 Å². The highest BCUT2D eigenvalue weighted by Gasteiger charge is 2.44. The summed E-state index contributed by atoms with van der Waals surface area (Å²) in [6, 6.07) is 22.2. The first-order chi connectivity index (χ1) is 17.9. The van der Waals surface area contributed by atoms with Crippen LogP contribution in [0, 0.1) is 0 Å².